The zero-order valence-electron chi connectivity index (χ0n) is 11.4. The minimum absolute atomic E-state index is 0.467. The molecule has 0 unspecified atom stereocenters. The molecule has 3 rings (SSSR count). The Bertz CT molecular complexity index is 509. The first-order valence-electron chi connectivity index (χ1n) is 7.07. The summed E-state index contributed by atoms with van der Waals surface area (Å²) < 4.78 is 0. The Morgan fingerprint density at radius 2 is 2.00 bits per heavy atom. The van der Waals surface area contributed by atoms with Crippen LogP contribution in [0.5, 0.6) is 0 Å². The molecule has 0 radical (unpaired) electrons. The minimum Gasteiger partial charge on any atom is -0.290 e. The van der Waals surface area contributed by atoms with Crippen molar-refractivity contribution in [1.29, 1.82) is 0 Å². The van der Waals surface area contributed by atoms with E-state index in [0.29, 0.717) is 12.1 Å². The number of nitrogens with zero attached hydrogens (tertiary/aromatic N) is 2. The van der Waals surface area contributed by atoms with E-state index < -0.39 is 0 Å². The molecule has 2 heterocycles. The molecule has 0 saturated carbocycles. The van der Waals surface area contributed by atoms with Gasteiger partial charge in [-0.05, 0) is 43.5 Å². The van der Waals surface area contributed by atoms with E-state index in [1.807, 2.05) is 18.5 Å². The molecule has 1 aliphatic heterocycles. The highest BCUT2D eigenvalue weighted by Crippen LogP contribution is 2.37. The maximum absolute atomic E-state index is 4.27. The van der Waals surface area contributed by atoms with Gasteiger partial charge in [0.25, 0.3) is 0 Å². The summed E-state index contributed by atoms with van der Waals surface area (Å²) in [5.74, 6) is 0. The Labute approximate surface area is 115 Å². The van der Waals surface area contributed by atoms with Crippen LogP contribution in [0.4, 0.5) is 0 Å². The molecule has 19 heavy (non-hydrogen) atoms. The third kappa shape index (κ3) is 2.54. The fourth-order valence-electron chi connectivity index (χ4n) is 3.11. The molecule has 1 aliphatic rings. The van der Waals surface area contributed by atoms with E-state index in [-0.39, 0.29) is 0 Å². The Morgan fingerprint density at radius 1 is 1.16 bits per heavy atom. The zero-order valence-corrected chi connectivity index (χ0v) is 11.4. The van der Waals surface area contributed by atoms with Crippen LogP contribution in [0, 0.1) is 0 Å². The van der Waals surface area contributed by atoms with Crippen LogP contribution in [0.25, 0.3) is 0 Å². The second-order valence-corrected chi connectivity index (χ2v) is 5.27. The minimum atomic E-state index is 0.467. The molecule has 1 fully saturated rings. The van der Waals surface area contributed by atoms with Gasteiger partial charge in [-0.25, -0.2) is 0 Å². The maximum Gasteiger partial charge on any atom is 0.0369 e. The number of benzene rings is 1. The second kappa shape index (κ2) is 5.54. The van der Waals surface area contributed by atoms with Gasteiger partial charge in [-0.2, -0.15) is 0 Å². The first-order chi connectivity index (χ1) is 9.36. The third-order valence-electron chi connectivity index (χ3n) is 4.14. The number of pyridine rings is 1. The summed E-state index contributed by atoms with van der Waals surface area (Å²) in [5.41, 5.74) is 2.75. The maximum atomic E-state index is 4.27. The van der Waals surface area contributed by atoms with Crippen molar-refractivity contribution in [2.45, 2.75) is 31.8 Å². The first kappa shape index (κ1) is 12.4. The van der Waals surface area contributed by atoms with Gasteiger partial charge in [0.15, 0.2) is 0 Å². The quantitative estimate of drug-likeness (QED) is 0.821. The smallest absolute Gasteiger partial charge is 0.0369 e. The van der Waals surface area contributed by atoms with E-state index in [2.05, 4.69) is 53.2 Å². The lowest BCUT2D eigenvalue weighted by atomic mass is 10.0. The molecular weight excluding hydrogens is 232 g/mol. The number of hydrogen-bond acceptors (Lipinski definition) is 2. The monoisotopic (exact) mass is 252 g/mol. The van der Waals surface area contributed by atoms with Crippen LogP contribution in [0.1, 0.15) is 43.0 Å². The van der Waals surface area contributed by atoms with Crippen molar-refractivity contribution < 1.29 is 0 Å². The first-order valence-corrected chi connectivity index (χ1v) is 7.07. The fourth-order valence-corrected chi connectivity index (χ4v) is 3.11. The Kier molecular flexibility index (Phi) is 3.60. The summed E-state index contributed by atoms with van der Waals surface area (Å²) in [6, 6.07) is 16.0. The van der Waals surface area contributed by atoms with E-state index in [1.165, 1.54) is 30.5 Å². The van der Waals surface area contributed by atoms with Gasteiger partial charge in [0.1, 0.15) is 0 Å². The molecule has 2 heteroatoms. The number of likely N-dealkylation sites (tertiary alicyclic amines) is 1. The largest absolute Gasteiger partial charge is 0.290 e. The van der Waals surface area contributed by atoms with Gasteiger partial charge in [-0.3, -0.25) is 9.88 Å². The van der Waals surface area contributed by atoms with E-state index in [9.17, 15) is 0 Å². The number of rotatable bonds is 3. The molecule has 98 valence electrons. The number of aromatic nitrogens is 1. The molecule has 0 N–H and O–H groups in total. The SMILES string of the molecule is C[C@H](c1ccccc1)N1CCC[C@@H]1c1cccnc1. The second-order valence-electron chi connectivity index (χ2n) is 5.27. The average molecular weight is 252 g/mol. The lowest BCUT2D eigenvalue weighted by Crippen LogP contribution is -2.26. The van der Waals surface area contributed by atoms with Crippen molar-refractivity contribution in [3.63, 3.8) is 0 Å². The molecule has 2 aromatic rings. The Hall–Kier alpha value is -1.67. The van der Waals surface area contributed by atoms with Gasteiger partial charge in [-0.15, -0.1) is 0 Å². The van der Waals surface area contributed by atoms with Crippen molar-refractivity contribution >= 4 is 0 Å². The fraction of sp³-hybridized carbons (Fsp3) is 0.353. The van der Waals surface area contributed by atoms with Crippen molar-refractivity contribution in [3.8, 4) is 0 Å². The van der Waals surface area contributed by atoms with Gasteiger partial charge in [-0.1, -0.05) is 36.4 Å². The van der Waals surface area contributed by atoms with Crippen molar-refractivity contribution in [3.05, 3.63) is 66.0 Å². The molecule has 0 bridgehead atoms. The van der Waals surface area contributed by atoms with Crippen LogP contribution in [-0.4, -0.2) is 16.4 Å². The molecule has 2 nitrogen and oxygen atoms in total. The molecule has 2 atom stereocenters. The molecule has 0 spiro atoms. The van der Waals surface area contributed by atoms with Gasteiger partial charge in [0.2, 0.25) is 0 Å². The highest BCUT2D eigenvalue weighted by Gasteiger charge is 2.30. The molecule has 0 aliphatic carbocycles. The van der Waals surface area contributed by atoms with Crippen molar-refractivity contribution in [1.82, 2.24) is 9.88 Å². The summed E-state index contributed by atoms with van der Waals surface area (Å²) in [7, 11) is 0. The lowest BCUT2D eigenvalue weighted by Gasteiger charge is -2.31. The van der Waals surface area contributed by atoms with Crippen LogP contribution < -0.4 is 0 Å². The predicted molar refractivity (Wildman–Crippen MR) is 77.8 cm³/mol. The summed E-state index contributed by atoms with van der Waals surface area (Å²) in [4.78, 5) is 6.87. The molecule has 1 saturated heterocycles. The standard InChI is InChI=1S/C17H20N2/c1-14(15-7-3-2-4-8-15)19-12-6-10-17(19)16-9-5-11-18-13-16/h2-5,7-9,11,13-14,17H,6,10,12H2,1H3/t14-,17-/m1/s1. The topological polar surface area (TPSA) is 16.1 Å². The van der Waals surface area contributed by atoms with E-state index in [1.54, 1.807) is 0 Å². The summed E-state index contributed by atoms with van der Waals surface area (Å²) in [6.45, 7) is 3.49. The van der Waals surface area contributed by atoms with Crippen LogP contribution in [0.15, 0.2) is 54.9 Å². The highest BCUT2D eigenvalue weighted by molar-refractivity contribution is 5.21. The van der Waals surface area contributed by atoms with Crippen LogP contribution in [0.2, 0.25) is 0 Å². The predicted octanol–water partition coefficient (Wildman–Crippen LogP) is 3.98. The Morgan fingerprint density at radius 3 is 2.74 bits per heavy atom. The van der Waals surface area contributed by atoms with Crippen LogP contribution in [-0.2, 0) is 0 Å². The third-order valence-corrected chi connectivity index (χ3v) is 4.14. The zero-order chi connectivity index (χ0) is 13.1. The van der Waals surface area contributed by atoms with E-state index >= 15 is 0 Å². The Balaban J connectivity index is 1.84. The van der Waals surface area contributed by atoms with Crippen LogP contribution in [0.3, 0.4) is 0 Å². The van der Waals surface area contributed by atoms with Gasteiger partial charge in [0, 0.05) is 24.5 Å². The summed E-state index contributed by atoms with van der Waals surface area (Å²) in [6.07, 6.45) is 6.38. The molecule has 1 aromatic carbocycles. The van der Waals surface area contributed by atoms with Gasteiger partial charge >= 0.3 is 0 Å². The van der Waals surface area contributed by atoms with Crippen molar-refractivity contribution in [2.24, 2.45) is 0 Å². The number of hydrogen-bond donors (Lipinski definition) is 0. The molecular formula is C17H20N2. The van der Waals surface area contributed by atoms with Crippen molar-refractivity contribution in [2.75, 3.05) is 6.54 Å². The molecule has 1 aromatic heterocycles. The highest BCUT2D eigenvalue weighted by atomic mass is 15.2. The van der Waals surface area contributed by atoms with Gasteiger partial charge < -0.3 is 0 Å². The lowest BCUT2D eigenvalue weighted by molar-refractivity contribution is 0.194. The normalized spacial score (nSPS) is 21.4. The van der Waals surface area contributed by atoms with Gasteiger partial charge in [0.05, 0.1) is 0 Å². The average Bonchev–Trinajstić information content (AvgIpc) is 2.98. The summed E-state index contributed by atoms with van der Waals surface area (Å²) >= 11 is 0. The molecule has 0 amide bonds. The van der Waals surface area contributed by atoms with E-state index in [4.69, 9.17) is 0 Å². The van der Waals surface area contributed by atoms with Crippen LogP contribution >= 0.6 is 0 Å². The summed E-state index contributed by atoms with van der Waals surface area (Å²) in [5, 5.41) is 0. The van der Waals surface area contributed by atoms with E-state index in [0.717, 1.165) is 0 Å².